The number of amides is 3. The van der Waals surface area contributed by atoms with Gasteiger partial charge < -0.3 is 14.8 Å². The highest BCUT2D eigenvalue weighted by atomic mass is 32.1. The minimum atomic E-state index is -0.678. The minimum absolute atomic E-state index is 0.0292. The molecule has 1 aliphatic rings. The zero-order valence-electron chi connectivity index (χ0n) is 22.6. The highest BCUT2D eigenvalue weighted by Gasteiger charge is 2.40. The number of fused-ring (bicyclic) bond motifs is 1. The maximum atomic E-state index is 12.8. The number of thiophene rings is 1. The number of rotatable bonds is 13. The van der Waals surface area contributed by atoms with Gasteiger partial charge in [-0.05, 0) is 50.5 Å². The Morgan fingerprint density at radius 3 is 2.41 bits per heavy atom. The van der Waals surface area contributed by atoms with Crippen LogP contribution in [0.25, 0.3) is 11.1 Å². The fourth-order valence-electron chi connectivity index (χ4n) is 4.56. The topological polar surface area (TPSA) is 145 Å². The Kier molecular flexibility index (Phi) is 9.45. The van der Waals surface area contributed by atoms with Gasteiger partial charge in [0.2, 0.25) is 5.91 Å². The first kappa shape index (κ1) is 29.4. The first-order chi connectivity index (χ1) is 19.8. The van der Waals surface area contributed by atoms with E-state index in [1.807, 2.05) is 31.2 Å². The van der Waals surface area contributed by atoms with Crippen LogP contribution in [0.3, 0.4) is 0 Å². The van der Waals surface area contributed by atoms with Crippen LogP contribution < -0.4 is 10.1 Å². The molecule has 2 aromatic carbocycles. The number of unbranched alkanes of at least 4 members (excludes halogenated alkanes) is 2. The fraction of sp³-hybridized carbons (Fsp3) is 0.310. The van der Waals surface area contributed by atoms with Gasteiger partial charge in [-0.15, -0.1) is 11.3 Å². The summed E-state index contributed by atoms with van der Waals surface area (Å²) >= 11 is 1.23. The zero-order chi connectivity index (χ0) is 29.5. The van der Waals surface area contributed by atoms with E-state index < -0.39 is 22.7 Å². The van der Waals surface area contributed by atoms with Gasteiger partial charge in [0.25, 0.3) is 17.5 Å². The number of hydrogen-bond donors (Lipinski definition) is 1. The molecular formula is C29H29N3O8S. The molecule has 1 aromatic heterocycles. The molecule has 0 spiro atoms. The van der Waals surface area contributed by atoms with E-state index >= 15 is 0 Å². The number of nitrogens with zero attached hydrogens (tertiary/aromatic N) is 2. The van der Waals surface area contributed by atoms with Gasteiger partial charge in [0.15, 0.2) is 0 Å². The maximum absolute atomic E-state index is 12.8. The van der Waals surface area contributed by atoms with Crippen LogP contribution in [0.1, 0.15) is 70.6 Å². The highest BCUT2D eigenvalue weighted by molar-refractivity contribution is 7.15. The van der Waals surface area contributed by atoms with Gasteiger partial charge in [-0.3, -0.25) is 29.4 Å². The van der Waals surface area contributed by atoms with Gasteiger partial charge in [0.05, 0.1) is 23.7 Å². The molecule has 12 heteroatoms. The quantitative estimate of drug-likeness (QED) is 0.0893. The Hall–Kier alpha value is -4.58. The Balaban J connectivity index is 1.33. The molecule has 0 bridgehead atoms. The summed E-state index contributed by atoms with van der Waals surface area (Å²) in [4.78, 5) is 62.4. The Bertz CT molecular complexity index is 1480. The van der Waals surface area contributed by atoms with Crippen molar-refractivity contribution < 1.29 is 33.6 Å². The van der Waals surface area contributed by atoms with Crippen LogP contribution >= 0.6 is 11.3 Å². The summed E-state index contributed by atoms with van der Waals surface area (Å²) in [6.45, 7) is 4.42. The summed E-state index contributed by atoms with van der Waals surface area (Å²) in [6, 6.07) is 11.3. The molecule has 1 aliphatic heterocycles. The van der Waals surface area contributed by atoms with Crippen molar-refractivity contribution in [2.45, 2.75) is 39.5 Å². The number of anilines is 1. The number of carbonyl (C=O) groups is 4. The third-order valence-electron chi connectivity index (χ3n) is 6.46. The number of imide groups is 1. The Morgan fingerprint density at radius 2 is 1.73 bits per heavy atom. The van der Waals surface area contributed by atoms with Crippen molar-refractivity contribution in [3.8, 4) is 16.9 Å². The second kappa shape index (κ2) is 13.2. The van der Waals surface area contributed by atoms with Gasteiger partial charge in [-0.25, -0.2) is 4.79 Å². The van der Waals surface area contributed by atoms with Crippen molar-refractivity contribution in [1.82, 2.24) is 4.90 Å². The van der Waals surface area contributed by atoms with E-state index in [9.17, 15) is 29.3 Å². The predicted octanol–water partition coefficient (Wildman–Crippen LogP) is 5.69. The molecule has 3 amide bonds. The van der Waals surface area contributed by atoms with Crippen molar-refractivity contribution in [2.75, 3.05) is 25.1 Å². The van der Waals surface area contributed by atoms with Crippen LogP contribution in [0.15, 0.2) is 47.8 Å². The van der Waals surface area contributed by atoms with Crippen molar-refractivity contribution in [3.63, 3.8) is 0 Å². The van der Waals surface area contributed by atoms with E-state index in [1.165, 1.54) is 29.5 Å². The molecule has 0 atom stereocenters. The summed E-state index contributed by atoms with van der Waals surface area (Å²) in [5, 5.41) is 16.3. The van der Waals surface area contributed by atoms with Gasteiger partial charge in [0, 0.05) is 30.0 Å². The average molecular weight is 580 g/mol. The summed E-state index contributed by atoms with van der Waals surface area (Å²) in [7, 11) is 0. The predicted molar refractivity (Wildman–Crippen MR) is 152 cm³/mol. The van der Waals surface area contributed by atoms with E-state index in [-0.39, 0.29) is 47.9 Å². The van der Waals surface area contributed by atoms with E-state index in [0.29, 0.717) is 42.2 Å². The third kappa shape index (κ3) is 6.43. The fourth-order valence-corrected chi connectivity index (χ4v) is 5.53. The number of nitro groups is 1. The molecule has 0 aliphatic carbocycles. The second-order valence-electron chi connectivity index (χ2n) is 9.11. The van der Waals surface area contributed by atoms with Crippen molar-refractivity contribution in [3.05, 3.63) is 74.6 Å². The smallest absolute Gasteiger partial charge is 0.341 e. The lowest BCUT2D eigenvalue weighted by Crippen LogP contribution is -2.30. The van der Waals surface area contributed by atoms with E-state index in [2.05, 4.69) is 5.32 Å². The molecule has 11 nitrogen and oxygen atoms in total. The normalized spacial score (nSPS) is 12.3. The molecule has 4 rings (SSSR count). The first-order valence-electron chi connectivity index (χ1n) is 13.2. The Labute approximate surface area is 240 Å². The molecule has 0 saturated heterocycles. The number of carbonyl (C=O) groups excluding carboxylic acids is 4. The molecule has 3 aromatic rings. The summed E-state index contributed by atoms with van der Waals surface area (Å²) in [5.74, 6) is -1.34. The monoisotopic (exact) mass is 579 g/mol. The number of nitro benzene ring substituents is 1. The summed E-state index contributed by atoms with van der Waals surface area (Å²) in [5.41, 5.74) is 1.18. The van der Waals surface area contributed by atoms with Crippen molar-refractivity contribution in [1.29, 1.82) is 0 Å². The Morgan fingerprint density at radius 1 is 0.976 bits per heavy atom. The molecule has 41 heavy (non-hydrogen) atoms. The average Bonchev–Trinajstić information content (AvgIpc) is 3.47. The zero-order valence-corrected chi connectivity index (χ0v) is 23.5. The lowest BCUT2D eigenvalue weighted by atomic mass is 10.0. The maximum Gasteiger partial charge on any atom is 0.341 e. The van der Waals surface area contributed by atoms with Crippen LogP contribution in [-0.4, -0.2) is 53.3 Å². The molecular weight excluding hydrogens is 550 g/mol. The van der Waals surface area contributed by atoms with E-state index in [1.54, 1.807) is 12.3 Å². The van der Waals surface area contributed by atoms with Crippen LogP contribution in [0.2, 0.25) is 0 Å². The third-order valence-corrected chi connectivity index (χ3v) is 7.35. The molecule has 0 saturated carbocycles. The highest BCUT2D eigenvalue weighted by Crippen LogP contribution is 2.37. The van der Waals surface area contributed by atoms with Crippen LogP contribution in [0.4, 0.5) is 10.7 Å². The van der Waals surface area contributed by atoms with Crippen LogP contribution in [0.5, 0.6) is 5.75 Å². The van der Waals surface area contributed by atoms with Crippen molar-refractivity contribution in [2.24, 2.45) is 0 Å². The van der Waals surface area contributed by atoms with Gasteiger partial charge in [0.1, 0.15) is 21.9 Å². The van der Waals surface area contributed by atoms with Gasteiger partial charge >= 0.3 is 5.97 Å². The molecule has 0 radical (unpaired) electrons. The van der Waals surface area contributed by atoms with E-state index in [0.717, 1.165) is 10.5 Å². The lowest BCUT2D eigenvalue weighted by Gasteiger charge is -2.13. The van der Waals surface area contributed by atoms with Gasteiger partial charge in [-0.1, -0.05) is 24.6 Å². The molecule has 1 N–H and O–H groups in total. The molecule has 0 fully saturated rings. The first-order valence-corrected chi connectivity index (χ1v) is 14.1. The molecule has 0 unspecified atom stereocenters. The minimum Gasteiger partial charge on any atom is -0.494 e. The lowest BCUT2D eigenvalue weighted by molar-refractivity contribution is -0.385. The molecule has 214 valence electrons. The van der Waals surface area contributed by atoms with Crippen LogP contribution in [-0.2, 0) is 9.53 Å². The number of esters is 1. The van der Waals surface area contributed by atoms with Crippen LogP contribution in [0, 0.1) is 10.1 Å². The molecule has 2 heterocycles. The van der Waals surface area contributed by atoms with Crippen molar-refractivity contribution >= 4 is 45.7 Å². The number of hydrogen-bond acceptors (Lipinski definition) is 9. The second-order valence-corrected chi connectivity index (χ2v) is 9.99. The standard InChI is InChI=1S/C29H29N3O8S/c1-3-39-19-14-12-18(13-15-19)21-17-41-26(25(21)29(36)40-4-2)30-23(33)11-6-5-7-16-31-27(34)20-9-8-10-22(32(37)38)24(20)28(31)35/h8-10,12-15,17H,3-7,11,16H2,1-2H3,(H,30,33). The number of ether oxygens (including phenoxy) is 2. The van der Waals surface area contributed by atoms with Gasteiger partial charge in [-0.2, -0.15) is 0 Å². The van der Waals surface area contributed by atoms with E-state index in [4.69, 9.17) is 9.47 Å². The SMILES string of the molecule is CCOC(=O)c1c(-c2ccc(OCC)cc2)csc1NC(=O)CCCCCN1C(=O)c2cccc([N+](=O)[O-])c2C1=O. The summed E-state index contributed by atoms with van der Waals surface area (Å²) in [6.07, 6.45) is 1.60. The number of nitrogens with one attached hydrogen (secondary N) is 1. The summed E-state index contributed by atoms with van der Waals surface area (Å²) < 4.78 is 10.7. The largest absolute Gasteiger partial charge is 0.494 e. The number of benzene rings is 2.